The number of aromatic nitrogens is 2. The highest BCUT2D eigenvalue weighted by atomic mass is 16.5. The van der Waals surface area contributed by atoms with Crippen LogP contribution >= 0.6 is 0 Å². The first-order chi connectivity index (χ1) is 12.1. The number of hydrogen-bond acceptors (Lipinski definition) is 6. The molecule has 3 rings (SSSR count). The van der Waals surface area contributed by atoms with Gasteiger partial charge in [-0.05, 0) is 25.7 Å². The SMILES string of the molecule is CNC1=CC(NC)(NC)C(n2cncc2OC(C)=O)c2ccccc21. The van der Waals surface area contributed by atoms with Crippen LogP contribution in [0, 0.1) is 0 Å². The van der Waals surface area contributed by atoms with Crippen LogP contribution in [0.15, 0.2) is 42.9 Å². The lowest BCUT2D eigenvalue weighted by Crippen LogP contribution is -2.60. The summed E-state index contributed by atoms with van der Waals surface area (Å²) >= 11 is 0. The van der Waals surface area contributed by atoms with Gasteiger partial charge in [0.2, 0.25) is 5.88 Å². The van der Waals surface area contributed by atoms with Gasteiger partial charge in [-0.2, -0.15) is 0 Å². The molecular formula is C18H23N5O2. The Labute approximate surface area is 147 Å². The first-order valence-corrected chi connectivity index (χ1v) is 8.14. The monoisotopic (exact) mass is 341 g/mol. The third-order valence-electron chi connectivity index (χ3n) is 4.60. The van der Waals surface area contributed by atoms with Crippen molar-refractivity contribution in [1.82, 2.24) is 25.5 Å². The van der Waals surface area contributed by atoms with Gasteiger partial charge in [-0.15, -0.1) is 0 Å². The number of likely N-dealkylation sites (N-methyl/N-ethyl adjacent to an activating group) is 2. The summed E-state index contributed by atoms with van der Waals surface area (Å²) in [5.74, 6) is 0.0281. The molecule has 7 heteroatoms. The lowest BCUT2D eigenvalue weighted by atomic mass is 9.82. The van der Waals surface area contributed by atoms with E-state index in [1.807, 2.05) is 37.8 Å². The Bertz CT molecular complexity index is 807. The van der Waals surface area contributed by atoms with Gasteiger partial charge in [0.1, 0.15) is 5.66 Å². The number of fused-ring (bicyclic) bond motifs is 1. The number of imidazole rings is 1. The molecule has 0 aliphatic heterocycles. The van der Waals surface area contributed by atoms with E-state index in [9.17, 15) is 4.79 Å². The highest BCUT2D eigenvalue weighted by molar-refractivity contribution is 5.72. The van der Waals surface area contributed by atoms with Crippen LogP contribution in [0.1, 0.15) is 24.1 Å². The number of carbonyl (C=O) groups excluding carboxylic acids is 1. The van der Waals surface area contributed by atoms with E-state index >= 15 is 0 Å². The number of esters is 1. The minimum absolute atomic E-state index is 0.201. The van der Waals surface area contributed by atoms with Crippen LogP contribution in [-0.4, -0.2) is 42.3 Å². The molecule has 7 nitrogen and oxygen atoms in total. The minimum Gasteiger partial charge on any atom is -0.408 e. The lowest BCUT2D eigenvalue weighted by molar-refractivity contribution is -0.132. The zero-order valence-electron chi connectivity index (χ0n) is 14.8. The maximum Gasteiger partial charge on any atom is 0.309 e. The quantitative estimate of drug-likeness (QED) is 0.558. The molecule has 0 radical (unpaired) electrons. The van der Waals surface area contributed by atoms with E-state index in [0.29, 0.717) is 5.88 Å². The average molecular weight is 341 g/mol. The fourth-order valence-electron chi connectivity index (χ4n) is 3.44. The van der Waals surface area contributed by atoms with E-state index in [1.54, 1.807) is 12.5 Å². The van der Waals surface area contributed by atoms with Crippen LogP contribution in [0.3, 0.4) is 0 Å². The molecule has 3 N–H and O–H groups in total. The number of hydrogen-bond donors (Lipinski definition) is 3. The van der Waals surface area contributed by atoms with Gasteiger partial charge >= 0.3 is 5.97 Å². The molecule has 0 saturated heterocycles. The minimum atomic E-state index is -0.595. The summed E-state index contributed by atoms with van der Waals surface area (Å²) in [6.45, 7) is 1.38. The van der Waals surface area contributed by atoms with Crippen LogP contribution in [-0.2, 0) is 4.79 Å². The predicted molar refractivity (Wildman–Crippen MR) is 96.0 cm³/mol. The Morgan fingerprint density at radius 2 is 1.96 bits per heavy atom. The number of rotatable bonds is 5. The number of nitrogens with one attached hydrogen (secondary N) is 3. The third-order valence-corrected chi connectivity index (χ3v) is 4.60. The summed E-state index contributed by atoms with van der Waals surface area (Å²) < 4.78 is 7.23. The van der Waals surface area contributed by atoms with E-state index in [4.69, 9.17) is 4.74 Å². The maximum absolute atomic E-state index is 11.5. The van der Waals surface area contributed by atoms with Crippen molar-refractivity contribution in [2.75, 3.05) is 21.1 Å². The summed E-state index contributed by atoms with van der Waals surface area (Å²) in [4.78, 5) is 15.7. The van der Waals surface area contributed by atoms with Crippen LogP contribution in [0.4, 0.5) is 0 Å². The van der Waals surface area contributed by atoms with Crippen LogP contribution < -0.4 is 20.7 Å². The molecule has 1 aliphatic carbocycles. The van der Waals surface area contributed by atoms with Gasteiger partial charge in [-0.3, -0.25) is 20.0 Å². The molecule has 0 saturated carbocycles. The summed E-state index contributed by atoms with van der Waals surface area (Å²) in [5, 5.41) is 10.0. The highest BCUT2D eigenvalue weighted by Crippen LogP contribution is 2.41. The Hall–Kier alpha value is -2.64. The van der Waals surface area contributed by atoms with E-state index in [-0.39, 0.29) is 12.0 Å². The second kappa shape index (κ2) is 6.70. The van der Waals surface area contributed by atoms with Crippen molar-refractivity contribution in [3.05, 3.63) is 54.0 Å². The van der Waals surface area contributed by atoms with Gasteiger partial charge in [-0.25, -0.2) is 4.98 Å². The Morgan fingerprint density at radius 1 is 1.24 bits per heavy atom. The van der Waals surface area contributed by atoms with Crippen LogP contribution in [0.25, 0.3) is 5.70 Å². The molecule has 2 aromatic rings. The van der Waals surface area contributed by atoms with E-state index in [2.05, 4.69) is 39.1 Å². The number of carbonyl (C=O) groups is 1. The molecule has 25 heavy (non-hydrogen) atoms. The van der Waals surface area contributed by atoms with Crippen molar-refractivity contribution in [3.63, 3.8) is 0 Å². The molecular weight excluding hydrogens is 318 g/mol. The van der Waals surface area contributed by atoms with Crippen LogP contribution in [0.5, 0.6) is 5.88 Å². The molecule has 0 fully saturated rings. The molecule has 0 spiro atoms. The van der Waals surface area contributed by atoms with Crippen molar-refractivity contribution in [2.45, 2.75) is 18.6 Å². The zero-order valence-corrected chi connectivity index (χ0v) is 14.8. The van der Waals surface area contributed by atoms with Crippen molar-refractivity contribution < 1.29 is 9.53 Å². The van der Waals surface area contributed by atoms with E-state index in [1.165, 1.54) is 6.92 Å². The van der Waals surface area contributed by atoms with Gasteiger partial charge in [0.05, 0.1) is 18.6 Å². The van der Waals surface area contributed by atoms with Gasteiger partial charge in [0.25, 0.3) is 0 Å². The molecule has 0 bridgehead atoms. The fraction of sp³-hybridized carbons (Fsp3) is 0.333. The largest absolute Gasteiger partial charge is 0.408 e. The molecule has 1 atom stereocenters. The normalized spacial score (nSPS) is 18.2. The second-order valence-electron chi connectivity index (χ2n) is 5.90. The Morgan fingerprint density at radius 3 is 2.60 bits per heavy atom. The first-order valence-electron chi connectivity index (χ1n) is 8.14. The standard InChI is InChI=1S/C18H23N5O2/c1-12(24)25-16-10-22-11-23(16)17-14-8-6-5-7-13(14)15(19-2)9-18(17,20-3)21-4/h5-11,17,19-21H,1-4H3. The number of ether oxygens (including phenoxy) is 1. The molecule has 1 unspecified atom stereocenters. The van der Waals surface area contributed by atoms with Gasteiger partial charge in [-0.1, -0.05) is 24.3 Å². The summed E-state index contributed by atoms with van der Waals surface area (Å²) in [7, 11) is 5.69. The molecule has 0 amide bonds. The summed E-state index contributed by atoms with van der Waals surface area (Å²) in [5.41, 5.74) is 2.61. The van der Waals surface area contributed by atoms with E-state index in [0.717, 1.165) is 16.8 Å². The average Bonchev–Trinajstić information content (AvgIpc) is 3.06. The molecule has 132 valence electrons. The predicted octanol–water partition coefficient (Wildman–Crippen LogP) is 1.11. The van der Waals surface area contributed by atoms with E-state index < -0.39 is 5.66 Å². The van der Waals surface area contributed by atoms with Crippen molar-refractivity contribution in [1.29, 1.82) is 0 Å². The second-order valence-corrected chi connectivity index (χ2v) is 5.90. The molecule has 1 aliphatic rings. The molecule has 1 aromatic carbocycles. The van der Waals surface area contributed by atoms with Gasteiger partial charge in [0, 0.05) is 25.2 Å². The lowest BCUT2D eigenvalue weighted by Gasteiger charge is -2.43. The highest BCUT2D eigenvalue weighted by Gasteiger charge is 2.42. The van der Waals surface area contributed by atoms with Crippen molar-refractivity contribution in [3.8, 4) is 5.88 Å². The van der Waals surface area contributed by atoms with Crippen LogP contribution in [0.2, 0.25) is 0 Å². The topological polar surface area (TPSA) is 80.2 Å². The fourth-order valence-corrected chi connectivity index (χ4v) is 3.44. The van der Waals surface area contributed by atoms with Gasteiger partial charge in [0.15, 0.2) is 0 Å². The summed E-state index contributed by atoms with van der Waals surface area (Å²) in [6, 6.07) is 7.96. The zero-order chi connectivity index (χ0) is 18.0. The number of nitrogens with zero attached hydrogens (tertiary/aromatic N) is 2. The van der Waals surface area contributed by atoms with Gasteiger partial charge < -0.3 is 10.1 Å². The molecule has 1 aromatic heterocycles. The first kappa shape index (κ1) is 17.2. The van der Waals surface area contributed by atoms with Crippen molar-refractivity contribution >= 4 is 11.7 Å². The Balaban J connectivity index is 2.24. The smallest absolute Gasteiger partial charge is 0.309 e. The summed E-state index contributed by atoms with van der Waals surface area (Å²) in [6.07, 6.45) is 5.34. The maximum atomic E-state index is 11.5. The Kier molecular flexibility index (Phi) is 4.61. The third kappa shape index (κ3) is 2.81. The number of benzene rings is 1. The molecule has 1 heterocycles. The van der Waals surface area contributed by atoms with Crippen molar-refractivity contribution in [2.24, 2.45) is 0 Å².